The first-order valence-corrected chi connectivity index (χ1v) is 11.0. The Balaban J connectivity index is 2.10. The Labute approximate surface area is 184 Å². The standard InChI is InChI=1S/C26H31NO4/c1-5-14-27-23(19-12-10-18(11-13-19)17(3)4)22(25(29)26(27)30)24(28)20-8-7-9-21(16-20)31-15-6-2/h7-13,16-17,23,28H,5-6,14-15H2,1-4H3/b24-22-. The highest BCUT2D eigenvalue weighted by atomic mass is 16.5. The van der Waals surface area contributed by atoms with Crippen LogP contribution in [0.25, 0.3) is 5.76 Å². The molecule has 2 aromatic rings. The number of Topliss-reactive ketones (excluding diaryl/α,β-unsaturated/α-hetero) is 1. The van der Waals surface area contributed by atoms with Crippen molar-refractivity contribution >= 4 is 17.4 Å². The molecule has 1 aliphatic heterocycles. The molecule has 1 N–H and O–H groups in total. The molecular weight excluding hydrogens is 390 g/mol. The molecule has 0 aliphatic carbocycles. The van der Waals surface area contributed by atoms with Gasteiger partial charge in [-0.1, -0.05) is 64.1 Å². The summed E-state index contributed by atoms with van der Waals surface area (Å²) in [5, 5.41) is 11.1. The fourth-order valence-corrected chi connectivity index (χ4v) is 3.87. The molecule has 164 valence electrons. The Bertz CT molecular complexity index is 975. The van der Waals surface area contributed by atoms with Crippen LogP contribution in [0, 0.1) is 0 Å². The number of nitrogens with zero attached hydrogens (tertiary/aromatic N) is 1. The normalized spacial score (nSPS) is 18.1. The summed E-state index contributed by atoms with van der Waals surface area (Å²) in [4.78, 5) is 27.4. The second-order valence-corrected chi connectivity index (χ2v) is 8.19. The summed E-state index contributed by atoms with van der Waals surface area (Å²) in [6.07, 6.45) is 1.58. The van der Waals surface area contributed by atoms with Crippen molar-refractivity contribution < 1.29 is 19.4 Å². The number of benzene rings is 2. The number of ketones is 1. The molecular formula is C26H31NO4. The van der Waals surface area contributed by atoms with Gasteiger partial charge in [-0.3, -0.25) is 9.59 Å². The zero-order valence-corrected chi connectivity index (χ0v) is 18.7. The zero-order chi connectivity index (χ0) is 22.5. The second kappa shape index (κ2) is 9.82. The molecule has 1 atom stereocenters. The van der Waals surface area contributed by atoms with Gasteiger partial charge in [-0.2, -0.15) is 0 Å². The number of aliphatic hydroxyl groups is 1. The van der Waals surface area contributed by atoms with Crippen molar-refractivity contribution in [2.75, 3.05) is 13.2 Å². The van der Waals surface area contributed by atoms with E-state index < -0.39 is 17.7 Å². The third kappa shape index (κ3) is 4.66. The van der Waals surface area contributed by atoms with Crippen LogP contribution >= 0.6 is 0 Å². The number of likely N-dealkylation sites (tertiary alicyclic amines) is 1. The number of carbonyl (C=O) groups excluding carboxylic acids is 2. The van der Waals surface area contributed by atoms with E-state index in [1.807, 2.05) is 44.2 Å². The molecule has 1 fully saturated rings. The van der Waals surface area contributed by atoms with E-state index in [1.54, 1.807) is 23.1 Å². The number of amides is 1. The van der Waals surface area contributed by atoms with Gasteiger partial charge in [-0.25, -0.2) is 0 Å². The Morgan fingerprint density at radius 1 is 1.06 bits per heavy atom. The van der Waals surface area contributed by atoms with Crippen molar-refractivity contribution in [3.05, 3.63) is 70.8 Å². The lowest BCUT2D eigenvalue weighted by atomic mass is 9.93. The summed E-state index contributed by atoms with van der Waals surface area (Å²) >= 11 is 0. The van der Waals surface area contributed by atoms with E-state index in [0.717, 1.165) is 12.0 Å². The van der Waals surface area contributed by atoms with Crippen molar-refractivity contribution in [2.24, 2.45) is 0 Å². The molecule has 3 rings (SSSR count). The molecule has 5 nitrogen and oxygen atoms in total. The van der Waals surface area contributed by atoms with Gasteiger partial charge in [-0.15, -0.1) is 0 Å². The summed E-state index contributed by atoms with van der Waals surface area (Å²) < 4.78 is 5.67. The Hall–Kier alpha value is -3.08. The molecule has 1 amide bonds. The van der Waals surface area contributed by atoms with Crippen LogP contribution in [0.1, 0.15) is 69.2 Å². The van der Waals surface area contributed by atoms with E-state index in [-0.39, 0.29) is 11.3 Å². The lowest BCUT2D eigenvalue weighted by Crippen LogP contribution is -2.30. The third-order valence-electron chi connectivity index (χ3n) is 5.50. The average Bonchev–Trinajstić information content (AvgIpc) is 3.02. The lowest BCUT2D eigenvalue weighted by Gasteiger charge is -2.25. The monoisotopic (exact) mass is 421 g/mol. The lowest BCUT2D eigenvalue weighted by molar-refractivity contribution is -0.139. The average molecular weight is 422 g/mol. The smallest absolute Gasteiger partial charge is 0.295 e. The SMILES string of the molecule is CCCOc1cccc(/C(O)=C2/C(=O)C(=O)N(CCC)C2c2ccc(C(C)C)cc2)c1. The minimum absolute atomic E-state index is 0.128. The van der Waals surface area contributed by atoms with Crippen molar-refractivity contribution in [2.45, 2.75) is 52.5 Å². The van der Waals surface area contributed by atoms with Gasteiger partial charge >= 0.3 is 0 Å². The maximum absolute atomic E-state index is 13.0. The Morgan fingerprint density at radius 3 is 2.39 bits per heavy atom. The first kappa shape index (κ1) is 22.6. The predicted octanol–water partition coefficient (Wildman–Crippen LogP) is 5.43. The van der Waals surface area contributed by atoms with Crippen LogP contribution < -0.4 is 4.74 Å². The molecule has 0 saturated carbocycles. The van der Waals surface area contributed by atoms with Crippen LogP contribution in [0.15, 0.2) is 54.1 Å². The molecule has 1 unspecified atom stereocenters. The van der Waals surface area contributed by atoms with Gasteiger partial charge in [0.05, 0.1) is 18.2 Å². The number of carbonyl (C=O) groups is 2. The van der Waals surface area contributed by atoms with Crippen molar-refractivity contribution in [3.63, 3.8) is 0 Å². The molecule has 0 bridgehead atoms. The van der Waals surface area contributed by atoms with Gasteiger partial charge in [-0.05, 0) is 42.0 Å². The van der Waals surface area contributed by atoms with E-state index in [0.29, 0.717) is 36.8 Å². The number of hydrogen-bond acceptors (Lipinski definition) is 4. The summed E-state index contributed by atoms with van der Waals surface area (Å²) in [7, 11) is 0. The number of ether oxygens (including phenoxy) is 1. The van der Waals surface area contributed by atoms with Crippen LogP contribution in [-0.4, -0.2) is 34.8 Å². The second-order valence-electron chi connectivity index (χ2n) is 8.19. The van der Waals surface area contributed by atoms with E-state index in [4.69, 9.17) is 4.74 Å². The molecule has 1 saturated heterocycles. The third-order valence-corrected chi connectivity index (χ3v) is 5.50. The number of aliphatic hydroxyl groups excluding tert-OH is 1. The van der Waals surface area contributed by atoms with E-state index in [1.165, 1.54) is 5.56 Å². The number of rotatable bonds is 8. The quantitative estimate of drug-likeness (QED) is 0.351. The molecule has 1 heterocycles. The van der Waals surface area contributed by atoms with Crippen molar-refractivity contribution in [3.8, 4) is 5.75 Å². The first-order chi connectivity index (χ1) is 14.9. The van der Waals surface area contributed by atoms with Crippen LogP contribution in [0.3, 0.4) is 0 Å². The maximum Gasteiger partial charge on any atom is 0.295 e. The molecule has 5 heteroatoms. The van der Waals surface area contributed by atoms with Crippen molar-refractivity contribution in [1.82, 2.24) is 4.90 Å². The molecule has 1 aliphatic rings. The highest BCUT2D eigenvalue weighted by molar-refractivity contribution is 6.46. The maximum atomic E-state index is 13.0. The van der Waals surface area contributed by atoms with Gasteiger partial charge in [0.1, 0.15) is 11.5 Å². The zero-order valence-electron chi connectivity index (χ0n) is 18.7. The Kier molecular flexibility index (Phi) is 7.16. The van der Waals surface area contributed by atoms with Crippen LogP contribution in [0.5, 0.6) is 5.75 Å². The molecule has 2 aromatic carbocycles. The molecule has 31 heavy (non-hydrogen) atoms. The van der Waals surface area contributed by atoms with Crippen LogP contribution in [0.4, 0.5) is 0 Å². The Morgan fingerprint density at radius 2 is 1.77 bits per heavy atom. The minimum atomic E-state index is -0.649. The van der Waals surface area contributed by atoms with Gasteiger partial charge in [0.15, 0.2) is 0 Å². The highest BCUT2D eigenvalue weighted by Crippen LogP contribution is 2.40. The van der Waals surface area contributed by atoms with Gasteiger partial charge in [0, 0.05) is 12.1 Å². The van der Waals surface area contributed by atoms with E-state index in [2.05, 4.69) is 13.8 Å². The van der Waals surface area contributed by atoms with Gasteiger partial charge in [0.2, 0.25) is 0 Å². The van der Waals surface area contributed by atoms with Crippen LogP contribution in [-0.2, 0) is 9.59 Å². The first-order valence-electron chi connectivity index (χ1n) is 11.0. The fraction of sp³-hybridized carbons (Fsp3) is 0.385. The van der Waals surface area contributed by atoms with Crippen molar-refractivity contribution in [1.29, 1.82) is 0 Å². The van der Waals surface area contributed by atoms with Gasteiger partial charge < -0.3 is 14.7 Å². The number of hydrogen-bond donors (Lipinski definition) is 1. The fourth-order valence-electron chi connectivity index (χ4n) is 3.87. The highest BCUT2D eigenvalue weighted by Gasteiger charge is 2.45. The summed E-state index contributed by atoms with van der Waals surface area (Å²) in [5.41, 5.74) is 2.59. The predicted molar refractivity (Wildman–Crippen MR) is 122 cm³/mol. The molecule has 0 spiro atoms. The summed E-state index contributed by atoms with van der Waals surface area (Å²) in [6, 6.07) is 14.3. The van der Waals surface area contributed by atoms with Gasteiger partial charge in [0.25, 0.3) is 11.7 Å². The van der Waals surface area contributed by atoms with Crippen LogP contribution in [0.2, 0.25) is 0 Å². The minimum Gasteiger partial charge on any atom is -0.507 e. The summed E-state index contributed by atoms with van der Waals surface area (Å²) in [5.74, 6) is -0.395. The molecule has 0 radical (unpaired) electrons. The van der Waals surface area contributed by atoms with E-state index >= 15 is 0 Å². The molecule has 0 aromatic heterocycles. The van der Waals surface area contributed by atoms with E-state index in [9.17, 15) is 14.7 Å². The largest absolute Gasteiger partial charge is 0.507 e. The summed E-state index contributed by atoms with van der Waals surface area (Å²) in [6.45, 7) is 9.22. The topological polar surface area (TPSA) is 66.8 Å².